The number of nitrogens with zero attached hydrogens (tertiary/aromatic N) is 2. The Bertz CT molecular complexity index is 493. The van der Waals surface area contributed by atoms with Crippen molar-refractivity contribution in [1.82, 2.24) is 0 Å². The molecule has 0 fully saturated rings. The van der Waals surface area contributed by atoms with E-state index in [1.54, 1.807) is 28.7 Å². The van der Waals surface area contributed by atoms with Crippen LogP contribution in [0.4, 0.5) is 5.69 Å². The SMILES string of the molecule is N#Cc1ccc(I)c(C(N)=O)c1[N+](=O)[O-]. The van der Waals surface area contributed by atoms with E-state index in [0.29, 0.717) is 3.57 Å². The molecule has 1 amide bonds. The van der Waals surface area contributed by atoms with Crippen LogP contribution in [0.15, 0.2) is 12.1 Å². The lowest BCUT2D eigenvalue weighted by molar-refractivity contribution is -0.385. The largest absolute Gasteiger partial charge is 0.365 e. The van der Waals surface area contributed by atoms with Crippen molar-refractivity contribution in [1.29, 1.82) is 5.26 Å². The highest BCUT2D eigenvalue weighted by Crippen LogP contribution is 2.27. The van der Waals surface area contributed by atoms with E-state index in [9.17, 15) is 14.9 Å². The second-order valence-corrected chi connectivity index (χ2v) is 3.71. The second kappa shape index (κ2) is 4.22. The minimum atomic E-state index is -0.914. The first-order valence-electron chi connectivity index (χ1n) is 3.65. The molecule has 2 N–H and O–H groups in total. The third-order valence-corrected chi connectivity index (χ3v) is 2.58. The van der Waals surface area contributed by atoms with Gasteiger partial charge in [0.25, 0.3) is 5.91 Å². The zero-order valence-electron chi connectivity index (χ0n) is 7.23. The normalized spacial score (nSPS) is 9.33. The van der Waals surface area contributed by atoms with Crippen molar-refractivity contribution in [3.8, 4) is 6.07 Å². The molecule has 1 aromatic rings. The quantitative estimate of drug-likeness (QED) is 0.501. The standard InChI is InChI=1S/C8H4IN3O3/c9-5-2-1-4(3-10)7(12(14)15)6(5)8(11)13/h1-2H,(H2,11,13). The molecule has 15 heavy (non-hydrogen) atoms. The van der Waals surface area contributed by atoms with Gasteiger partial charge in [0.2, 0.25) is 0 Å². The fourth-order valence-corrected chi connectivity index (χ4v) is 1.78. The lowest BCUT2D eigenvalue weighted by Gasteiger charge is -2.02. The van der Waals surface area contributed by atoms with Crippen LogP contribution >= 0.6 is 22.6 Å². The number of nitriles is 1. The van der Waals surface area contributed by atoms with Crippen molar-refractivity contribution in [2.45, 2.75) is 0 Å². The Morgan fingerprint density at radius 3 is 2.60 bits per heavy atom. The summed E-state index contributed by atoms with van der Waals surface area (Å²) in [7, 11) is 0. The highest BCUT2D eigenvalue weighted by molar-refractivity contribution is 14.1. The van der Waals surface area contributed by atoms with Crippen LogP contribution in [0.3, 0.4) is 0 Å². The summed E-state index contributed by atoms with van der Waals surface area (Å²) in [5.41, 5.74) is 4.09. The van der Waals surface area contributed by atoms with Crippen LogP contribution in [0.1, 0.15) is 15.9 Å². The Labute approximate surface area is 98.0 Å². The molecule has 0 radical (unpaired) electrons. The van der Waals surface area contributed by atoms with Crippen LogP contribution in [0, 0.1) is 25.0 Å². The summed E-state index contributed by atoms with van der Waals surface area (Å²) >= 11 is 1.75. The maximum atomic E-state index is 11.0. The van der Waals surface area contributed by atoms with Crippen LogP contribution < -0.4 is 5.73 Å². The number of hydrogen-bond acceptors (Lipinski definition) is 4. The predicted molar refractivity (Wildman–Crippen MR) is 59.0 cm³/mol. The summed E-state index contributed by atoms with van der Waals surface area (Å²) in [5.74, 6) is -0.914. The number of nitrogens with two attached hydrogens (primary N) is 1. The molecule has 0 atom stereocenters. The van der Waals surface area contributed by atoms with Gasteiger partial charge in [0.05, 0.1) is 4.92 Å². The molecule has 0 spiro atoms. The molecular formula is C8H4IN3O3. The van der Waals surface area contributed by atoms with Crippen molar-refractivity contribution in [3.63, 3.8) is 0 Å². The number of rotatable bonds is 2. The van der Waals surface area contributed by atoms with Gasteiger partial charge in [-0.2, -0.15) is 5.26 Å². The Morgan fingerprint density at radius 2 is 2.20 bits per heavy atom. The smallest absolute Gasteiger partial charge is 0.300 e. The van der Waals surface area contributed by atoms with Crippen molar-refractivity contribution in [2.24, 2.45) is 5.73 Å². The number of carbonyl (C=O) groups is 1. The molecule has 1 rings (SSSR count). The van der Waals surface area contributed by atoms with Crippen LogP contribution in [0.5, 0.6) is 0 Å². The highest BCUT2D eigenvalue weighted by atomic mass is 127. The van der Waals surface area contributed by atoms with Crippen LogP contribution in [-0.2, 0) is 0 Å². The number of nitro benzene ring substituents is 1. The Kier molecular flexibility index (Phi) is 3.21. The summed E-state index contributed by atoms with van der Waals surface area (Å²) in [6.45, 7) is 0. The zero-order chi connectivity index (χ0) is 11.6. The van der Waals surface area contributed by atoms with Gasteiger partial charge in [-0.05, 0) is 34.7 Å². The van der Waals surface area contributed by atoms with Gasteiger partial charge in [-0.25, -0.2) is 0 Å². The molecule has 76 valence electrons. The fourth-order valence-electron chi connectivity index (χ4n) is 1.08. The van der Waals surface area contributed by atoms with Crippen molar-refractivity contribution in [2.75, 3.05) is 0 Å². The fraction of sp³-hybridized carbons (Fsp3) is 0. The van der Waals surface area contributed by atoms with Gasteiger partial charge >= 0.3 is 5.69 Å². The molecule has 0 saturated carbocycles. The van der Waals surface area contributed by atoms with Gasteiger partial charge in [-0.3, -0.25) is 14.9 Å². The first kappa shape index (κ1) is 11.4. The Hall–Kier alpha value is -1.69. The third-order valence-electron chi connectivity index (χ3n) is 1.68. The van der Waals surface area contributed by atoms with Crippen molar-refractivity contribution in [3.05, 3.63) is 36.9 Å². The molecule has 6 nitrogen and oxygen atoms in total. The Morgan fingerprint density at radius 1 is 1.60 bits per heavy atom. The van der Waals surface area contributed by atoms with Crippen molar-refractivity contribution >= 4 is 34.2 Å². The Balaban J connectivity index is 3.68. The van der Waals surface area contributed by atoms with E-state index < -0.39 is 16.5 Å². The summed E-state index contributed by atoms with van der Waals surface area (Å²) in [5, 5.41) is 19.4. The van der Waals surface area contributed by atoms with Gasteiger partial charge < -0.3 is 5.73 Å². The number of benzene rings is 1. The molecule has 0 aliphatic rings. The van der Waals surface area contributed by atoms with E-state index in [4.69, 9.17) is 11.0 Å². The molecule has 0 aromatic heterocycles. The van der Waals surface area contributed by atoms with Gasteiger partial charge in [0, 0.05) is 3.57 Å². The van der Waals surface area contributed by atoms with E-state index in [0.717, 1.165) is 0 Å². The van der Waals surface area contributed by atoms with Crippen LogP contribution in [0.25, 0.3) is 0 Å². The predicted octanol–water partition coefficient (Wildman–Crippen LogP) is 1.17. The van der Waals surface area contributed by atoms with Gasteiger partial charge in [0.15, 0.2) is 0 Å². The highest BCUT2D eigenvalue weighted by Gasteiger charge is 2.25. The summed E-state index contributed by atoms with van der Waals surface area (Å²) in [6, 6.07) is 4.37. The topological polar surface area (TPSA) is 110 Å². The molecule has 7 heteroatoms. The minimum absolute atomic E-state index is 0.172. The molecule has 0 bridgehead atoms. The van der Waals surface area contributed by atoms with E-state index >= 15 is 0 Å². The molecule has 0 saturated heterocycles. The molecule has 0 aliphatic carbocycles. The van der Waals surface area contributed by atoms with Crippen molar-refractivity contribution < 1.29 is 9.72 Å². The van der Waals surface area contributed by atoms with Gasteiger partial charge in [-0.1, -0.05) is 0 Å². The zero-order valence-corrected chi connectivity index (χ0v) is 9.39. The lowest BCUT2D eigenvalue weighted by Crippen LogP contribution is -2.16. The monoisotopic (exact) mass is 317 g/mol. The molecule has 1 aromatic carbocycles. The maximum Gasteiger partial charge on any atom is 0.300 e. The van der Waals surface area contributed by atoms with Crippen LogP contribution in [0.2, 0.25) is 0 Å². The molecule has 0 aliphatic heterocycles. The first-order chi connectivity index (χ1) is 6.99. The molecular weight excluding hydrogens is 313 g/mol. The third kappa shape index (κ3) is 2.04. The van der Waals surface area contributed by atoms with E-state index in [1.807, 2.05) is 0 Å². The van der Waals surface area contributed by atoms with E-state index in [-0.39, 0.29) is 11.1 Å². The average molecular weight is 317 g/mol. The van der Waals surface area contributed by atoms with Gasteiger partial charge in [0.1, 0.15) is 17.2 Å². The first-order valence-corrected chi connectivity index (χ1v) is 4.73. The number of carbonyl (C=O) groups excluding carboxylic acids is 1. The minimum Gasteiger partial charge on any atom is -0.365 e. The molecule has 0 heterocycles. The number of amides is 1. The van der Waals surface area contributed by atoms with Gasteiger partial charge in [-0.15, -0.1) is 0 Å². The van der Waals surface area contributed by atoms with E-state index in [2.05, 4.69) is 0 Å². The van der Waals surface area contributed by atoms with E-state index in [1.165, 1.54) is 12.1 Å². The maximum absolute atomic E-state index is 11.0. The number of primary amides is 1. The summed E-state index contributed by atoms with van der Waals surface area (Å²) in [4.78, 5) is 20.9. The number of halogens is 1. The number of hydrogen-bond donors (Lipinski definition) is 1. The molecule has 0 unspecified atom stereocenters. The number of nitro groups is 1. The second-order valence-electron chi connectivity index (χ2n) is 2.55. The summed E-state index contributed by atoms with van der Waals surface area (Å²) in [6.07, 6.45) is 0. The van der Waals surface area contributed by atoms with Crippen LogP contribution in [-0.4, -0.2) is 10.8 Å². The summed E-state index contributed by atoms with van der Waals surface area (Å²) < 4.78 is 0.353. The average Bonchev–Trinajstić information content (AvgIpc) is 2.16. The lowest BCUT2D eigenvalue weighted by atomic mass is 10.1.